The third-order valence-corrected chi connectivity index (χ3v) is 1.94. The maximum atomic E-state index is 13.0. The number of aryl methyl sites for hydroxylation is 1. The quantitative estimate of drug-likeness (QED) is 0.581. The molecule has 0 unspecified atom stereocenters. The van der Waals surface area contributed by atoms with Gasteiger partial charge in [-0.2, -0.15) is 8.78 Å². The molecule has 1 aliphatic heterocycles. The van der Waals surface area contributed by atoms with Gasteiger partial charge in [0, 0.05) is 0 Å². The van der Waals surface area contributed by atoms with Crippen molar-refractivity contribution in [1.82, 2.24) is 0 Å². The van der Waals surface area contributed by atoms with Crippen LogP contribution < -0.4 is 4.74 Å². The lowest BCUT2D eigenvalue weighted by Gasteiger charge is -2.05. The fraction of sp³-hybridized carbons (Fsp3) is 0.333. The summed E-state index contributed by atoms with van der Waals surface area (Å²) in [5.41, 5.74) is 0.849. The van der Waals surface area contributed by atoms with Crippen LogP contribution >= 0.6 is 0 Å². The summed E-state index contributed by atoms with van der Waals surface area (Å²) in [4.78, 5) is 0. The minimum absolute atomic E-state index is 0.0162. The van der Waals surface area contributed by atoms with E-state index in [1.54, 1.807) is 19.1 Å². The van der Waals surface area contributed by atoms with E-state index in [1.807, 2.05) is 0 Å². The molecule has 0 aromatic heterocycles. The predicted octanol–water partition coefficient (Wildman–Crippen LogP) is 2.48. The molecule has 1 aromatic rings. The molecule has 0 saturated carbocycles. The number of ether oxygens (including phenoxy) is 1. The van der Waals surface area contributed by atoms with Gasteiger partial charge in [0.05, 0.1) is 5.56 Å². The molecule has 1 nitrogen and oxygen atoms in total. The van der Waals surface area contributed by atoms with E-state index in [2.05, 4.69) is 0 Å². The Hall–Kier alpha value is -1.12. The SMILES string of the molecule is Cc1ccc2c(c1)C(F)(F)CO2. The number of halogens is 2. The van der Waals surface area contributed by atoms with Crippen molar-refractivity contribution >= 4 is 0 Å². The van der Waals surface area contributed by atoms with Gasteiger partial charge in [-0.25, -0.2) is 0 Å². The molecule has 2 rings (SSSR count). The molecular weight excluding hydrogens is 162 g/mol. The van der Waals surface area contributed by atoms with Crippen molar-refractivity contribution in [1.29, 1.82) is 0 Å². The maximum absolute atomic E-state index is 13.0. The summed E-state index contributed by atoms with van der Waals surface area (Å²) < 4.78 is 30.8. The third-order valence-electron chi connectivity index (χ3n) is 1.94. The van der Waals surface area contributed by atoms with Crippen molar-refractivity contribution in [3.05, 3.63) is 29.3 Å². The van der Waals surface area contributed by atoms with E-state index in [0.29, 0.717) is 5.75 Å². The largest absolute Gasteiger partial charge is 0.486 e. The minimum Gasteiger partial charge on any atom is -0.486 e. The topological polar surface area (TPSA) is 9.23 Å². The van der Waals surface area contributed by atoms with Crippen molar-refractivity contribution in [2.75, 3.05) is 6.61 Å². The Labute approximate surface area is 69.0 Å². The summed E-state index contributed by atoms with van der Waals surface area (Å²) in [6.45, 7) is 1.26. The normalized spacial score (nSPS) is 18.6. The summed E-state index contributed by atoms with van der Waals surface area (Å²) in [7, 11) is 0. The Morgan fingerprint density at radius 2 is 2.17 bits per heavy atom. The molecule has 0 aliphatic carbocycles. The first kappa shape index (κ1) is 7.53. The first-order valence-electron chi connectivity index (χ1n) is 3.71. The fourth-order valence-corrected chi connectivity index (χ4v) is 1.30. The highest BCUT2D eigenvalue weighted by molar-refractivity contribution is 5.42. The summed E-state index contributed by atoms with van der Waals surface area (Å²) in [6.07, 6.45) is 0. The van der Waals surface area contributed by atoms with Crippen LogP contribution in [0.25, 0.3) is 0 Å². The van der Waals surface area contributed by atoms with Crippen LogP contribution in [-0.4, -0.2) is 6.61 Å². The second-order valence-electron chi connectivity index (χ2n) is 2.99. The van der Waals surface area contributed by atoms with Gasteiger partial charge in [0.2, 0.25) is 0 Å². The highest BCUT2D eigenvalue weighted by atomic mass is 19.3. The Morgan fingerprint density at radius 1 is 1.42 bits per heavy atom. The molecule has 12 heavy (non-hydrogen) atoms. The van der Waals surface area contributed by atoms with Crippen LogP contribution in [0.4, 0.5) is 8.78 Å². The molecule has 0 N–H and O–H groups in total. The number of alkyl halides is 2. The summed E-state index contributed by atoms with van der Waals surface area (Å²) in [5.74, 6) is -2.49. The van der Waals surface area contributed by atoms with Gasteiger partial charge in [-0.3, -0.25) is 0 Å². The van der Waals surface area contributed by atoms with Crippen molar-refractivity contribution in [3.8, 4) is 5.75 Å². The van der Waals surface area contributed by atoms with Crippen LogP contribution in [0.1, 0.15) is 11.1 Å². The molecule has 1 aromatic carbocycles. The second-order valence-corrected chi connectivity index (χ2v) is 2.99. The van der Waals surface area contributed by atoms with E-state index >= 15 is 0 Å². The lowest BCUT2D eigenvalue weighted by atomic mass is 10.1. The highest BCUT2D eigenvalue weighted by Gasteiger charge is 2.41. The van der Waals surface area contributed by atoms with Gasteiger partial charge in [-0.1, -0.05) is 11.6 Å². The maximum Gasteiger partial charge on any atom is 0.310 e. The molecule has 1 heterocycles. The van der Waals surface area contributed by atoms with Gasteiger partial charge >= 0.3 is 5.92 Å². The lowest BCUT2D eigenvalue weighted by molar-refractivity contribution is -0.0214. The average Bonchev–Trinajstić information content (AvgIpc) is 2.28. The number of benzene rings is 1. The van der Waals surface area contributed by atoms with Crippen LogP contribution in [0.15, 0.2) is 18.2 Å². The fourth-order valence-electron chi connectivity index (χ4n) is 1.30. The monoisotopic (exact) mass is 170 g/mol. The highest BCUT2D eigenvalue weighted by Crippen LogP contribution is 2.41. The van der Waals surface area contributed by atoms with Crippen LogP contribution in [0.2, 0.25) is 0 Å². The molecule has 0 spiro atoms. The molecule has 0 fully saturated rings. The van der Waals surface area contributed by atoms with E-state index in [-0.39, 0.29) is 5.56 Å². The molecule has 0 saturated heterocycles. The third kappa shape index (κ3) is 0.967. The van der Waals surface area contributed by atoms with E-state index in [1.165, 1.54) is 6.07 Å². The molecule has 3 heteroatoms. The molecule has 1 aliphatic rings. The lowest BCUT2D eigenvalue weighted by Crippen LogP contribution is -2.14. The van der Waals surface area contributed by atoms with Gasteiger partial charge in [0.1, 0.15) is 5.75 Å². The smallest absolute Gasteiger partial charge is 0.310 e. The van der Waals surface area contributed by atoms with E-state index < -0.39 is 12.5 Å². The van der Waals surface area contributed by atoms with Gasteiger partial charge < -0.3 is 4.74 Å². The Balaban J connectivity index is 2.57. The van der Waals surface area contributed by atoms with Crippen molar-refractivity contribution in [2.24, 2.45) is 0 Å². The van der Waals surface area contributed by atoms with Gasteiger partial charge in [0.15, 0.2) is 6.61 Å². The van der Waals surface area contributed by atoms with E-state index in [4.69, 9.17) is 4.74 Å². The summed E-state index contributed by atoms with van der Waals surface area (Å²) in [6, 6.07) is 4.83. The van der Waals surface area contributed by atoms with Crippen molar-refractivity contribution in [2.45, 2.75) is 12.8 Å². The van der Waals surface area contributed by atoms with Crippen LogP contribution in [-0.2, 0) is 5.92 Å². The zero-order chi connectivity index (χ0) is 8.77. The summed E-state index contributed by atoms with van der Waals surface area (Å²) in [5, 5.41) is 0. The van der Waals surface area contributed by atoms with Gasteiger partial charge in [-0.05, 0) is 19.1 Å². The molecular formula is C9H8F2O. The van der Waals surface area contributed by atoms with E-state index in [0.717, 1.165) is 5.56 Å². The first-order valence-corrected chi connectivity index (χ1v) is 3.71. The Bertz CT molecular complexity index is 320. The average molecular weight is 170 g/mol. The number of hydrogen-bond donors (Lipinski definition) is 0. The second kappa shape index (κ2) is 2.19. The zero-order valence-electron chi connectivity index (χ0n) is 6.60. The number of rotatable bonds is 0. The summed E-state index contributed by atoms with van der Waals surface area (Å²) >= 11 is 0. The molecule has 64 valence electrons. The molecule has 0 radical (unpaired) electrons. The van der Waals surface area contributed by atoms with Gasteiger partial charge in [0.25, 0.3) is 0 Å². The van der Waals surface area contributed by atoms with Gasteiger partial charge in [-0.15, -0.1) is 0 Å². The van der Waals surface area contributed by atoms with E-state index in [9.17, 15) is 8.78 Å². The number of fused-ring (bicyclic) bond motifs is 1. The molecule has 0 amide bonds. The zero-order valence-corrected chi connectivity index (χ0v) is 6.60. The first-order chi connectivity index (χ1) is 5.59. The van der Waals surface area contributed by atoms with Crippen LogP contribution in [0, 0.1) is 6.92 Å². The molecule has 0 bridgehead atoms. The van der Waals surface area contributed by atoms with Crippen molar-refractivity contribution < 1.29 is 13.5 Å². The predicted molar refractivity (Wildman–Crippen MR) is 40.6 cm³/mol. The molecule has 0 atom stereocenters. The van der Waals surface area contributed by atoms with Crippen molar-refractivity contribution in [3.63, 3.8) is 0 Å². The Kier molecular flexibility index (Phi) is 1.37. The standard InChI is InChI=1S/C9H8F2O/c1-6-2-3-8-7(4-6)9(10,11)5-12-8/h2-4H,5H2,1H3. The Morgan fingerprint density at radius 3 is 2.92 bits per heavy atom. The minimum atomic E-state index is -2.80. The van der Waals surface area contributed by atoms with Crippen LogP contribution in [0.5, 0.6) is 5.75 Å². The van der Waals surface area contributed by atoms with Crippen LogP contribution in [0.3, 0.4) is 0 Å². The number of hydrogen-bond acceptors (Lipinski definition) is 1.